The van der Waals surface area contributed by atoms with Crippen LogP contribution in [0.5, 0.6) is 0 Å². The van der Waals surface area contributed by atoms with E-state index in [2.05, 4.69) is 0 Å². The molecule has 2 saturated carbocycles. The van der Waals surface area contributed by atoms with Crippen molar-refractivity contribution in [2.75, 3.05) is 0 Å². The van der Waals surface area contributed by atoms with Crippen molar-refractivity contribution in [1.82, 2.24) is 0 Å². The van der Waals surface area contributed by atoms with Crippen molar-refractivity contribution in [3.8, 4) is 0 Å². The minimum atomic E-state index is -0.104. The van der Waals surface area contributed by atoms with E-state index in [1.165, 1.54) is 32.6 Å². The van der Waals surface area contributed by atoms with Crippen LogP contribution in [-0.4, -0.2) is 12.1 Å². The van der Waals surface area contributed by atoms with Crippen LogP contribution < -0.4 is 0 Å². The van der Waals surface area contributed by atoms with Crippen LogP contribution in [0.4, 0.5) is 0 Å². The fraction of sp³-hybridized carbons (Fsp3) is 0.900. The zero-order chi connectivity index (χ0) is 8.55. The highest BCUT2D eigenvalue weighted by atomic mass is 16.5. The van der Waals surface area contributed by atoms with Gasteiger partial charge in [0.25, 0.3) is 0 Å². The fourth-order valence-corrected chi connectivity index (χ4v) is 2.87. The first-order valence-corrected chi connectivity index (χ1v) is 4.94. The maximum Gasteiger partial charge on any atom is 0.302 e. The molecule has 0 unspecified atom stereocenters. The highest BCUT2D eigenvalue weighted by Gasteiger charge is 2.40. The standard InChI is InChI=1S/C10H16O2/c1-7(11)12-10-6-5-8-3-2-4-9(8)10/h8-10H,2-6H2,1H3/t8-,9-,10-/m0/s1. The molecule has 2 heteroatoms. The Bertz CT molecular complexity index is 188. The van der Waals surface area contributed by atoms with Crippen molar-refractivity contribution in [2.24, 2.45) is 11.8 Å². The number of hydrogen-bond acceptors (Lipinski definition) is 2. The number of fused-ring (bicyclic) bond motifs is 1. The first kappa shape index (κ1) is 8.09. The van der Waals surface area contributed by atoms with Crippen LogP contribution in [0.15, 0.2) is 0 Å². The summed E-state index contributed by atoms with van der Waals surface area (Å²) in [7, 11) is 0. The first-order chi connectivity index (χ1) is 5.77. The average molecular weight is 168 g/mol. The molecule has 0 aromatic carbocycles. The molecule has 0 heterocycles. The van der Waals surface area contributed by atoms with E-state index in [9.17, 15) is 4.79 Å². The molecule has 0 radical (unpaired) electrons. The van der Waals surface area contributed by atoms with Gasteiger partial charge in [0.1, 0.15) is 6.10 Å². The monoisotopic (exact) mass is 168 g/mol. The summed E-state index contributed by atoms with van der Waals surface area (Å²) < 4.78 is 5.29. The predicted molar refractivity (Wildman–Crippen MR) is 45.6 cm³/mol. The minimum Gasteiger partial charge on any atom is -0.462 e. The minimum absolute atomic E-state index is 0.104. The molecule has 68 valence electrons. The lowest BCUT2D eigenvalue weighted by Gasteiger charge is -2.17. The maximum atomic E-state index is 10.8. The third kappa shape index (κ3) is 1.35. The molecule has 12 heavy (non-hydrogen) atoms. The molecular formula is C10H16O2. The topological polar surface area (TPSA) is 26.3 Å². The summed E-state index contributed by atoms with van der Waals surface area (Å²) >= 11 is 0. The van der Waals surface area contributed by atoms with E-state index in [0.717, 1.165) is 12.3 Å². The molecule has 0 saturated heterocycles. The van der Waals surface area contributed by atoms with Gasteiger partial charge in [-0.05, 0) is 31.1 Å². The summed E-state index contributed by atoms with van der Waals surface area (Å²) in [5.74, 6) is 1.47. The Morgan fingerprint density at radius 3 is 2.83 bits per heavy atom. The van der Waals surface area contributed by atoms with Crippen LogP contribution in [0.2, 0.25) is 0 Å². The molecule has 2 nitrogen and oxygen atoms in total. The molecule has 0 aromatic rings. The van der Waals surface area contributed by atoms with E-state index in [4.69, 9.17) is 4.74 Å². The molecule has 0 aromatic heterocycles. The zero-order valence-corrected chi connectivity index (χ0v) is 7.58. The number of esters is 1. The molecule has 2 aliphatic rings. The highest BCUT2D eigenvalue weighted by Crippen LogP contribution is 2.45. The molecule has 0 N–H and O–H groups in total. The molecule has 3 atom stereocenters. The van der Waals surface area contributed by atoms with Gasteiger partial charge in [0.15, 0.2) is 0 Å². The van der Waals surface area contributed by atoms with Crippen molar-refractivity contribution in [2.45, 2.75) is 45.1 Å². The van der Waals surface area contributed by atoms with E-state index >= 15 is 0 Å². The summed E-state index contributed by atoms with van der Waals surface area (Å²) in [5, 5.41) is 0. The number of ether oxygens (including phenoxy) is 1. The van der Waals surface area contributed by atoms with E-state index < -0.39 is 0 Å². The number of carbonyl (C=O) groups is 1. The molecule has 0 spiro atoms. The van der Waals surface area contributed by atoms with Crippen LogP contribution in [0.3, 0.4) is 0 Å². The predicted octanol–water partition coefficient (Wildman–Crippen LogP) is 2.13. The molecule has 2 fully saturated rings. The van der Waals surface area contributed by atoms with E-state index in [0.29, 0.717) is 5.92 Å². The SMILES string of the molecule is CC(=O)O[C@H]1CC[C@@H]2CCC[C@@H]21. The Morgan fingerprint density at radius 1 is 1.25 bits per heavy atom. The van der Waals surface area contributed by atoms with E-state index in [-0.39, 0.29) is 12.1 Å². The van der Waals surface area contributed by atoms with Crippen molar-refractivity contribution in [1.29, 1.82) is 0 Å². The van der Waals surface area contributed by atoms with Gasteiger partial charge >= 0.3 is 5.97 Å². The average Bonchev–Trinajstić information content (AvgIpc) is 2.52. The Hall–Kier alpha value is -0.530. The van der Waals surface area contributed by atoms with Gasteiger partial charge in [-0.3, -0.25) is 4.79 Å². The molecule has 2 aliphatic carbocycles. The normalized spacial score (nSPS) is 39.6. The summed E-state index contributed by atoms with van der Waals surface area (Å²) in [5.41, 5.74) is 0. The molecular weight excluding hydrogens is 152 g/mol. The van der Waals surface area contributed by atoms with Crippen LogP contribution in [0.25, 0.3) is 0 Å². The maximum absolute atomic E-state index is 10.8. The molecule has 0 aliphatic heterocycles. The van der Waals surface area contributed by atoms with Crippen molar-refractivity contribution >= 4 is 5.97 Å². The summed E-state index contributed by atoms with van der Waals surface area (Å²) in [4.78, 5) is 10.8. The third-order valence-corrected chi connectivity index (χ3v) is 3.33. The Kier molecular flexibility index (Phi) is 2.07. The van der Waals surface area contributed by atoms with Gasteiger partial charge in [-0.1, -0.05) is 12.8 Å². The van der Waals surface area contributed by atoms with Gasteiger partial charge < -0.3 is 4.74 Å². The lowest BCUT2D eigenvalue weighted by Crippen LogP contribution is -2.21. The molecule has 0 bridgehead atoms. The Labute approximate surface area is 73.3 Å². The summed E-state index contributed by atoms with van der Waals surface area (Å²) in [6.07, 6.45) is 6.63. The number of carbonyl (C=O) groups excluding carboxylic acids is 1. The van der Waals surface area contributed by atoms with Crippen LogP contribution in [-0.2, 0) is 9.53 Å². The second-order valence-corrected chi connectivity index (χ2v) is 4.08. The van der Waals surface area contributed by atoms with Crippen LogP contribution in [0, 0.1) is 11.8 Å². The number of hydrogen-bond donors (Lipinski definition) is 0. The summed E-state index contributed by atoms with van der Waals surface area (Å²) in [6, 6.07) is 0. The van der Waals surface area contributed by atoms with E-state index in [1.54, 1.807) is 0 Å². The fourth-order valence-electron chi connectivity index (χ4n) is 2.87. The number of rotatable bonds is 1. The lowest BCUT2D eigenvalue weighted by atomic mass is 9.99. The van der Waals surface area contributed by atoms with Crippen molar-refractivity contribution in [3.05, 3.63) is 0 Å². The molecule has 0 amide bonds. The van der Waals surface area contributed by atoms with Gasteiger partial charge in [-0.2, -0.15) is 0 Å². The van der Waals surface area contributed by atoms with Gasteiger partial charge in [0.2, 0.25) is 0 Å². The second kappa shape index (κ2) is 3.08. The smallest absolute Gasteiger partial charge is 0.302 e. The quantitative estimate of drug-likeness (QED) is 0.561. The lowest BCUT2D eigenvalue weighted by molar-refractivity contribution is -0.148. The largest absolute Gasteiger partial charge is 0.462 e. The second-order valence-electron chi connectivity index (χ2n) is 4.08. The van der Waals surface area contributed by atoms with Gasteiger partial charge in [-0.25, -0.2) is 0 Å². The zero-order valence-electron chi connectivity index (χ0n) is 7.58. The first-order valence-electron chi connectivity index (χ1n) is 4.94. The van der Waals surface area contributed by atoms with Gasteiger partial charge in [0, 0.05) is 6.92 Å². The van der Waals surface area contributed by atoms with Gasteiger partial charge in [-0.15, -0.1) is 0 Å². The highest BCUT2D eigenvalue weighted by molar-refractivity contribution is 5.66. The van der Waals surface area contributed by atoms with Crippen molar-refractivity contribution < 1.29 is 9.53 Å². The summed E-state index contributed by atoms with van der Waals surface area (Å²) in [6.45, 7) is 1.52. The van der Waals surface area contributed by atoms with Crippen LogP contribution >= 0.6 is 0 Å². The van der Waals surface area contributed by atoms with E-state index in [1.807, 2.05) is 0 Å². The van der Waals surface area contributed by atoms with Crippen molar-refractivity contribution in [3.63, 3.8) is 0 Å². The Morgan fingerprint density at radius 2 is 2.08 bits per heavy atom. The van der Waals surface area contributed by atoms with Gasteiger partial charge in [0.05, 0.1) is 0 Å². The molecule has 2 rings (SSSR count). The third-order valence-electron chi connectivity index (χ3n) is 3.33. The Balaban J connectivity index is 1.95. The van der Waals surface area contributed by atoms with Crippen LogP contribution in [0.1, 0.15) is 39.0 Å².